The first-order valence-corrected chi connectivity index (χ1v) is 6.21. The van der Waals surface area contributed by atoms with E-state index in [-0.39, 0.29) is 11.4 Å². The molecule has 0 spiro atoms. The van der Waals surface area contributed by atoms with Crippen molar-refractivity contribution in [2.75, 3.05) is 7.11 Å². The Labute approximate surface area is 105 Å². The van der Waals surface area contributed by atoms with Crippen LogP contribution in [0, 0.1) is 11.3 Å². The maximum absolute atomic E-state index is 11.1. The van der Waals surface area contributed by atoms with Gasteiger partial charge in [0.1, 0.15) is 0 Å². The van der Waals surface area contributed by atoms with Gasteiger partial charge in [0, 0.05) is 6.08 Å². The van der Waals surface area contributed by atoms with Crippen molar-refractivity contribution < 1.29 is 9.53 Å². The molecule has 0 saturated heterocycles. The maximum atomic E-state index is 11.1. The van der Waals surface area contributed by atoms with Crippen LogP contribution in [0.3, 0.4) is 0 Å². The molecule has 1 aliphatic rings. The summed E-state index contributed by atoms with van der Waals surface area (Å²) >= 11 is 0. The number of ether oxygens (including phenoxy) is 1. The lowest BCUT2D eigenvalue weighted by Crippen LogP contribution is -2.38. The highest BCUT2D eigenvalue weighted by Gasteiger charge is 2.43. The summed E-state index contributed by atoms with van der Waals surface area (Å²) in [4.78, 5) is 11.1. The summed E-state index contributed by atoms with van der Waals surface area (Å²) in [6.45, 7) is 11.0. The molecule has 0 radical (unpaired) electrons. The van der Waals surface area contributed by atoms with Gasteiger partial charge in [-0.25, -0.2) is 4.79 Å². The molecule has 0 aliphatic heterocycles. The number of esters is 1. The van der Waals surface area contributed by atoms with Crippen molar-refractivity contribution in [2.45, 2.75) is 47.5 Å². The molecule has 17 heavy (non-hydrogen) atoms. The predicted octanol–water partition coefficient (Wildman–Crippen LogP) is 3.88. The van der Waals surface area contributed by atoms with E-state index in [1.165, 1.54) is 19.1 Å². The average molecular weight is 236 g/mol. The van der Waals surface area contributed by atoms with E-state index < -0.39 is 0 Å². The molecule has 0 heterocycles. The summed E-state index contributed by atoms with van der Waals surface area (Å²) in [6, 6.07) is 0. The van der Waals surface area contributed by atoms with E-state index in [4.69, 9.17) is 0 Å². The Morgan fingerprint density at radius 3 is 2.41 bits per heavy atom. The molecule has 0 aromatic heterocycles. The first-order chi connectivity index (χ1) is 7.78. The lowest BCUT2D eigenvalue weighted by Gasteiger charge is -2.49. The molecule has 1 atom stereocenters. The van der Waals surface area contributed by atoms with E-state index in [0.717, 1.165) is 12.0 Å². The van der Waals surface area contributed by atoms with E-state index in [0.29, 0.717) is 5.92 Å². The number of methoxy groups -OCH3 is 1. The molecule has 0 N–H and O–H groups in total. The van der Waals surface area contributed by atoms with E-state index in [1.54, 1.807) is 11.6 Å². The molecule has 1 rings (SSSR count). The predicted molar refractivity (Wildman–Crippen MR) is 70.7 cm³/mol. The van der Waals surface area contributed by atoms with Gasteiger partial charge in [0.25, 0.3) is 0 Å². The summed E-state index contributed by atoms with van der Waals surface area (Å²) < 4.78 is 4.64. The van der Waals surface area contributed by atoms with E-state index >= 15 is 0 Å². The van der Waals surface area contributed by atoms with Crippen LogP contribution in [0.1, 0.15) is 47.5 Å². The Kier molecular flexibility index (Phi) is 4.18. The highest BCUT2D eigenvalue weighted by molar-refractivity contribution is 5.82. The highest BCUT2D eigenvalue weighted by atomic mass is 16.5. The molecular formula is C15H24O2. The van der Waals surface area contributed by atoms with Gasteiger partial charge in [0.2, 0.25) is 0 Å². The molecule has 1 aliphatic carbocycles. The van der Waals surface area contributed by atoms with Gasteiger partial charge in [-0.2, -0.15) is 0 Å². The van der Waals surface area contributed by atoms with Gasteiger partial charge in [0.15, 0.2) is 0 Å². The van der Waals surface area contributed by atoms with Gasteiger partial charge < -0.3 is 4.74 Å². The number of hydrogen-bond acceptors (Lipinski definition) is 2. The topological polar surface area (TPSA) is 26.3 Å². The molecule has 1 fully saturated rings. The fourth-order valence-electron chi connectivity index (χ4n) is 2.76. The van der Waals surface area contributed by atoms with Crippen molar-refractivity contribution >= 4 is 5.97 Å². The van der Waals surface area contributed by atoms with Gasteiger partial charge in [0.05, 0.1) is 7.11 Å². The summed E-state index contributed by atoms with van der Waals surface area (Å²) in [5.41, 5.74) is 4.42. The van der Waals surface area contributed by atoms with Crippen molar-refractivity contribution in [2.24, 2.45) is 11.3 Å². The van der Waals surface area contributed by atoms with Gasteiger partial charge in [-0.1, -0.05) is 30.6 Å². The number of hydrogen-bond donors (Lipinski definition) is 0. The monoisotopic (exact) mass is 236 g/mol. The first-order valence-electron chi connectivity index (χ1n) is 6.21. The second-order valence-electron chi connectivity index (χ2n) is 5.82. The molecule has 2 nitrogen and oxygen atoms in total. The van der Waals surface area contributed by atoms with Crippen LogP contribution in [0.15, 0.2) is 22.8 Å². The van der Waals surface area contributed by atoms with Gasteiger partial charge in [-0.05, 0) is 44.9 Å². The number of carbonyl (C=O) groups is 1. The third-order valence-electron chi connectivity index (χ3n) is 3.99. The standard InChI is InChI=1S/C15H24O2/c1-10(2)13-9-12(15(13,4)5)7-11(3)8-14(16)17-6/h8,12H,7,9H2,1-6H3. The zero-order valence-electron chi connectivity index (χ0n) is 11.9. The van der Waals surface area contributed by atoms with Gasteiger partial charge >= 0.3 is 5.97 Å². The molecule has 1 unspecified atom stereocenters. The van der Waals surface area contributed by atoms with Gasteiger partial charge in [-0.3, -0.25) is 0 Å². The normalized spacial score (nSPS) is 23.1. The van der Waals surface area contributed by atoms with Crippen molar-refractivity contribution in [1.29, 1.82) is 0 Å². The zero-order chi connectivity index (χ0) is 13.2. The van der Waals surface area contributed by atoms with Gasteiger partial charge in [-0.15, -0.1) is 0 Å². The molecule has 96 valence electrons. The van der Waals surface area contributed by atoms with Crippen molar-refractivity contribution in [3.63, 3.8) is 0 Å². The van der Waals surface area contributed by atoms with Crippen molar-refractivity contribution in [3.05, 3.63) is 22.8 Å². The minimum atomic E-state index is -0.248. The Morgan fingerprint density at radius 2 is 2.00 bits per heavy atom. The summed E-state index contributed by atoms with van der Waals surface area (Å²) in [5.74, 6) is 0.398. The van der Waals surface area contributed by atoms with E-state index in [9.17, 15) is 4.79 Å². The summed E-state index contributed by atoms with van der Waals surface area (Å²) in [7, 11) is 1.42. The smallest absolute Gasteiger partial charge is 0.330 e. The fraction of sp³-hybridized carbons (Fsp3) is 0.667. The van der Waals surface area contributed by atoms with E-state index in [2.05, 4.69) is 32.4 Å². The van der Waals surface area contributed by atoms with E-state index in [1.807, 2.05) is 6.92 Å². The SMILES string of the molecule is COC(=O)C=C(C)CC1CC(=C(C)C)C1(C)C. The lowest BCUT2D eigenvalue weighted by atomic mass is 9.56. The molecule has 0 bridgehead atoms. The Hall–Kier alpha value is -1.05. The van der Waals surface area contributed by atoms with Crippen LogP contribution in [-0.4, -0.2) is 13.1 Å². The largest absolute Gasteiger partial charge is 0.466 e. The Morgan fingerprint density at radius 1 is 1.41 bits per heavy atom. The van der Waals surface area contributed by atoms with Crippen LogP contribution in [0.5, 0.6) is 0 Å². The number of carbonyl (C=O) groups excluding carboxylic acids is 1. The fourth-order valence-corrected chi connectivity index (χ4v) is 2.76. The number of allylic oxidation sites excluding steroid dienone is 3. The lowest BCUT2D eigenvalue weighted by molar-refractivity contribution is -0.134. The minimum absolute atomic E-state index is 0.248. The highest BCUT2D eigenvalue weighted by Crippen LogP contribution is 2.54. The van der Waals surface area contributed by atoms with Crippen molar-refractivity contribution in [3.8, 4) is 0 Å². The second-order valence-corrected chi connectivity index (χ2v) is 5.82. The van der Waals surface area contributed by atoms with Crippen LogP contribution in [-0.2, 0) is 9.53 Å². The van der Waals surface area contributed by atoms with Crippen molar-refractivity contribution in [1.82, 2.24) is 0 Å². The van der Waals surface area contributed by atoms with Crippen LogP contribution in [0.2, 0.25) is 0 Å². The first kappa shape index (κ1) is 14.0. The quantitative estimate of drug-likeness (QED) is 0.422. The molecule has 2 heteroatoms. The molecule has 0 aromatic carbocycles. The third-order valence-corrected chi connectivity index (χ3v) is 3.99. The second kappa shape index (κ2) is 5.07. The Bertz CT molecular complexity index is 368. The van der Waals surface area contributed by atoms with Crippen LogP contribution < -0.4 is 0 Å². The molecule has 1 saturated carbocycles. The molecule has 0 amide bonds. The van der Waals surface area contributed by atoms with Crippen LogP contribution >= 0.6 is 0 Å². The summed E-state index contributed by atoms with van der Waals surface area (Å²) in [5, 5.41) is 0. The summed E-state index contributed by atoms with van der Waals surface area (Å²) in [6.07, 6.45) is 3.76. The van der Waals surface area contributed by atoms with Crippen LogP contribution in [0.4, 0.5) is 0 Å². The van der Waals surface area contributed by atoms with Crippen LogP contribution in [0.25, 0.3) is 0 Å². The third kappa shape index (κ3) is 2.99. The molecule has 0 aromatic rings. The maximum Gasteiger partial charge on any atom is 0.330 e. The number of rotatable bonds is 3. The zero-order valence-corrected chi connectivity index (χ0v) is 11.9. The average Bonchev–Trinajstić information content (AvgIpc) is 2.22. The molecular weight excluding hydrogens is 212 g/mol. The Balaban J connectivity index is 2.66. The minimum Gasteiger partial charge on any atom is -0.466 e.